The molecule has 1 aliphatic heterocycles. The Hall–Kier alpha value is -1.88. The molecule has 5 nitrogen and oxygen atoms in total. The molecule has 5 heteroatoms. The van der Waals surface area contributed by atoms with E-state index in [1.54, 1.807) is 12.1 Å². The molecule has 0 radical (unpaired) electrons. The van der Waals surface area contributed by atoms with Gasteiger partial charge >= 0.3 is 5.97 Å². The Labute approximate surface area is 142 Å². The molecule has 1 amide bonds. The molecular weight excluding hydrogens is 306 g/mol. The number of rotatable bonds is 4. The first-order valence-electron chi connectivity index (χ1n) is 8.82. The minimum absolute atomic E-state index is 0.0852. The van der Waals surface area contributed by atoms with Gasteiger partial charge in [0.25, 0.3) is 0 Å². The van der Waals surface area contributed by atoms with Crippen molar-refractivity contribution in [3.8, 4) is 0 Å². The lowest BCUT2D eigenvalue weighted by Gasteiger charge is -2.28. The van der Waals surface area contributed by atoms with E-state index in [0.717, 1.165) is 57.2 Å². The molecule has 1 saturated heterocycles. The van der Waals surface area contributed by atoms with Crippen LogP contribution in [0.2, 0.25) is 0 Å². The summed E-state index contributed by atoms with van der Waals surface area (Å²) < 4.78 is 0. The highest BCUT2D eigenvalue weighted by molar-refractivity contribution is 5.87. The molecule has 1 aromatic carbocycles. The summed E-state index contributed by atoms with van der Waals surface area (Å²) in [6, 6.07) is 7.03. The Morgan fingerprint density at radius 1 is 1.04 bits per heavy atom. The van der Waals surface area contributed by atoms with Gasteiger partial charge in [0, 0.05) is 19.0 Å². The predicted octanol–water partition coefficient (Wildman–Crippen LogP) is 2.33. The van der Waals surface area contributed by atoms with Crippen molar-refractivity contribution in [1.82, 2.24) is 4.90 Å². The van der Waals surface area contributed by atoms with Crippen LogP contribution in [-0.4, -0.2) is 46.2 Å². The number of nitrogens with zero attached hydrogens (tertiary/aromatic N) is 1. The second-order valence-electron chi connectivity index (χ2n) is 7.15. The maximum atomic E-state index is 12.6. The summed E-state index contributed by atoms with van der Waals surface area (Å²) in [7, 11) is 0. The van der Waals surface area contributed by atoms with Gasteiger partial charge in [-0.3, -0.25) is 4.79 Å². The summed E-state index contributed by atoms with van der Waals surface area (Å²) in [6.45, 7) is 1.61. The zero-order valence-electron chi connectivity index (χ0n) is 13.9. The first-order valence-corrected chi connectivity index (χ1v) is 8.82. The van der Waals surface area contributed by atoms with E-state index in [2.05, 4.69) is 0 Å². The van der Waals surface area contributed by atoms with Crippen LogP contribution < -0.4 is 0 Å². The molecule has 2 fully saturated rings. The molecular formula is C19H25NO4. The lowest BCUT2D eigenvalue weighted by molar-refractivity contribution is -0.136. The number of hydrogen-bond acceptors (Lipinski definition) is 3. The lowest BCUT2D eigenvalue weighted by atomic mass is 9.86. The Kier molecular flexibility index (Phi) is 5.19. The third-order valence-corrected chi connectivity index (χ3v) is 5.37. The van der Waals surface area contributed by atoms with Gasteiger partial charge in [-0.1, -0.05) is 12.1 Å². The number of aliphatic hydroxyl groups is 1. The molecule has 24 heavy (non-hydrogen) atoms. The number of carboxylic acids is 1. The molecule has 1 atom stereocenters. The smallest absolute Gasteiger partial charge is 0.335 e. The van der Waals surface area contributed by atoms with Crippen LogP contribution in [0.5, 0.6) is 0 Å². The normalized spacial score (nSPS) is 27.2. The van der Waals surface area contributed by atoms with Crippen molar-refractivity contribution in [1.29, 1.82) is 0 Å². The first-order chi connectivity index (χ1) is 11.5. The Morgan fingerprint density at radius 3 is 2.33 bits per heavy atom. The molecule has 2 N–H and O–H groups in total. The molecule has 1 aliphatic carbocycles. The fourth-order valence-corrected chi connectivity index (χ4v) is 3.90. The van der Waals surface area contributed by atoms with E-state index in [1.165, 1.54) is 0 Å². The largest absolute Gasteiger partial charge is 0.478 e. The van der Waals surface area contributed by atoms with Crippen LogP contribution in [0.3, 0.4) is 0 Å². The van der Waals surface area contributed by atoms with Gasteiger partial charge in [-0.25, -0.2) is 4.79 Å². The fraction of sp³-hybridized carbons (Fsp3) is 0.579. The minimum Gasteiger partial charge on any atom is -0.478 e. The molecule has 0 spiro atoms. The molecule has 2 aliphatic rings. The summed E-state index contributed by atoms with van der Waals surface area (Å²) >= 11 is 0. The second kappa shape index (κ2) is 7.34. The molecule has 1 aromatic rings. The Bertz CT molecular complexity index is 590. The highest BCUT2D eigenvalue weighted by atomic mass is 16.4. The average Bonchev–Trinajstić information content (AvgIpc) is 3.04. The highest BCUT2D eigenvalue weighted by Crippen LogP contribution is 2.29. The number of benzene rings is 1. The van der Waals surface area contributed by atoms with Gasteiger partial charge in [-0.05, 0) is 62.1 Å². The number of aliphatic hydroxyl groups excluding tert-OH is 1. The molecule has 130 valence electrons. The molecule has 0 bridgehead atoms. The van der Waals surface area contributed by atoms with Crippen LogP contribution >= 0.6 is 0 Å². The van der Waals surface area contributed by atoms with Crippen molar-refractivity contribution in [3.05, 3.63) is 35.4 Å². The Morgan fingerprint density at radius 2 is 1.71 bits per heavy atom. The number of amides is 1. The van der Waals surface area contributed by atoms with Gasteiger partial charge < -0.3 is 15.1 Å². The van der Waals surface area contributed by atoms with E-state index in [0.29, 0.717) is 11.5 Å². The highest BCUT2D eigenvalue weighted by Gasteiger charge is 2.32. The lowest BCUT2D eigenvalue weighted by Crippen LogP contribution is -2.37. The van der Waals surface area contributed by atoms with Gasteiger partial charge in [0.05, 0.1) is 11.7 Å². The molecule has 1 saturated carbocycles. The Balaban J connectivity index is 1.51. The number of carboxylic acid groups (broad SMARTS) is 1. The second-order valence-corrected chi connectivity index (χ2v) is 7.15. The van der Waals surface area contributed by atoms with E-state index in [-0.39, 0.29) is 17.9 Å². The first kappa shape index (κ1) is 17.0. The SMILES string of the molecule is O=C(O)c1ccc(C[C@@H]2CCN(C(=O)C3CCC(O)CC3)C2)cc1. The van der Waals surface area contributed by atoms with Crippen LogP contribution in [-0.2, 0) is 11.2 Å². The van der Waals surface area contributed by atoms with Gasteiger partial charge in [0.15, 0.2) is 0 Å². The van der Waals surface area contributed by atoms with Crippen LogP contribution in [0, 0.1) is 11.8 Å². The van der Waals surface area contributed by atoms with Crippen LogP contribution in [0.4, 0.5) is 0 Å². The number of carbonyl (C=O) groups excluding carboxylic acids is 1. The summed E-state index contributed by atoms with van der Waals surface area (Å²) in [5.41, 5.74) is 1.43. The standard InChI is InChI=1S/C19H25NO4/c21-17-7-5-15(6-8-17)18(22)20-10-9-14(12-20)11-13-1-3-16(4-2-13)19(23)24/h1-4,14-15,17,21H,5-12H2,(H,23,24)/t14-,15?,17?/m0/s1. The van der Waals surface area contributed by atoms with Gasteiger partial charge in [0.1, 0.15) is 0 Å². The van der Waals surface area contributed by atoms with Crippen LogP contribution in [0.15, 0.2) is 24.3 Å². The summed E-state index contributed by atoms with van der Waals surface area (Å²) in [5, 5.41) is 18.5. The average molecular weight is 331 g/mol. The van der Waals surface area contributed by atoms with Crippen LogP contribution in [0.1, 0.15) is 48.0 Å². The van der Waals surface area contributed by atoms with E-state index >= 15 is 0 Å². The maximum absolute atomic E-state index is 12.6. The predicted molar refractivity (Wildman–Crippen MR) is 89.8 cm³/mol. The van der Waals surface area contributed by atoms with Gasteiger partial charge in [-0.15, -0.1) is 0 Å². The quantitative estimate of drug-likeness (QED) is 0.887. The van der Waals surface area contributed by atoms with Crippen molar-refractivity contribution < 1.29 is 19.8 Å². The molecule has 3 rings (SSSR count). The summed E-state index contributed by atoms with van der Waals surface area (Å²) in [6.07, 6.45) is 4.74. The van der Waals surface area contributed by atoms with E-state index < -0.39 is 5.97 Å². The van der Waals surface area contributed by atoms with Crippen molar-refractivity contribution >= 4 is 11.9 Å². The van der Waals surface area contributed by atoms with Crippen molar-refractivity contribution in [2.24, 2.45) is 11.8 Å². The van der Waals surface area contributed by atoms with E-state index in [1.807, 2.05) is 17.0 Å². The molecule has 0 aromatic heterocycles. The third kappa shape index (κ3) is 3.96. The molecule has 1 heterocycles. The van der Waals surface area contributed by atoms with Crippen molar-refractivity contribution in [2.75, 3.05) is 13.1 Å². The minimum atomic E-state index is -0.906. The number of likely N-dealkylation sites (tertiary alicyclic amines) is 1. The number of carbonyl (C=O) groups is 2. The monoisotopic (exact) mass is 331 g/mol. The van der Waals surface area contributed by atoms with Gasteiger partial charge in [-0.2, -0.15) is 0 Å². The van der Waals surface area contributed by atoms with E-state index in [9.17, 15) is 14.7 Å². The summed E-state index contributed by atoms with van der Waals surface area (Å²) in [4.78, 5) is 25.5. The molecule has 0 unspecified atom stereocenters. The van der Waals surface area contributed by atoms with Crippen LogP contribution in [0.25, 0.3) is 0 Å². The van der Waals surface area contributed by atoms with Gasteiger partial charge in [0.2, 0.25) is 5.91 Å². The van der Waals surface area contributed by atoms with E-state index in [4.69, 9.17) is 5.11 Å². The zero-order chi connectivity index (χ0) is 17.1. The topological polar surface area (TPSA) is 77.8 Å². The maximum Gasteiger partial charge on any atom is 0.335 e. The number of hydrogen-bond donors (Lipinski definition) is 2. The van der Waals surface area contributed by atoms with Crippen molar-refractivity contribution in [2.45, 2.75) is 44.6 Å². The third-order valence-electron chi connectivity index (χ3n) is 5.37. The number of aromatic carboxylic acids is 1. The van der Waals surface area contributed by atoms with Crippen molar-refractivity contribution in [3.63, 3.8) is 0 Å². The zero-order valence-corrected chi connectivity index (χ0v) is 13.9. The fourth-order valence-electron chi connectivity index (χ4n) is 3.90. The summed E-state index contributed by atoms with van der Waals surface area (Å²) in [5.74, 6) is -0.122.